The van der Waals surface area contributed by atoms with E-state index in [0.717, 1.165) is 5.56 Å². The fourth-order valence-corrected chi connectivity index (χ4v) is 3.17. The average Bonchev–Trinajstić information content (AvgIpc) is 2.60. The predicted octanol–water partition coefficient (Wildman–Crippen LogP) is 3.21. The van der Waals surface area contributed by atoms with E-state index in [1.165, 1.54) is 24.3 Å². The molecule has 2 atom stereocenters. The highest BCUT2D eigenvalue weighted by Crippen LogP contribution is 2.33. The van der Waals surface area contributed by atoms with E-state index in [1.54, 1.807) is 29.2 Å². The molecular weight excluding hydrogens is 431 g/mol. The molecular formula is C18H23ClF3N3O3S. The van der Waals surface area contributed by atoms with E-state index in [0.29, 0.717) is 25.1 Å². The van der Waals surface area contributed by atoms with Crippen molar-refractivity contribution in [2.45, 2.75) is 31.8 Å². The van der Waals surface area contributed by atoms with Crippen molar-refractivity contribution in [2.24, 2.45) is 0 Å². The van der Waals surface area contributed by atoms with Gasteiger partial charge in [-0.1, -0.05) is 24.3 Å². The number of sulfonamides is 1. The molecule has 0 aliphatic heterocycles. The van der Waals surface area contributed by atoms with Gasteiger partial charge in [-0.2, -0.15) is 17.9 Å². The van der Waals surface area contributed by atoms with Gasteiger partial charge in [0.25, 0.3) is 0 Å². The minimum Gasteiger partial charge on any atom is -0.488 e. The molecule has 1 heterocycles. The van der Waals surface area contributed by atoms with E-state index in [1.807, 2.05) is 6.92 Å². The summed E-state index contributed by atoms with van der Waals surface area (Å²) in [6, 6.07) is 6.87. The molecule has 11 heteroatoms. The van der Waals surface area contributed by atoms with Crippen molar-refractivity contribution in [3.8, 4) is 5.75 Å². The molecule has 162 valence electrons. The fraction of sp³-hybridized carbons (Fsp3) is 0.389. The van der Waals surface area contributed by atoms with Gasteiger partial charge in [-0.25, -0.2) is 8.42 Å². The number of aromatic nitrogens is 1. The highest BCUT2D eigenvalue weighted by atomic mass is 35.5. The summed E-state index contributed by atoms with van der Waals surface area (Å²) in [5.41, 5.74) is 0.590. The second-order valence-electron chi connectivity index (χ2n) is 6.35. The van der Waals surface area contributed by atoms with Gasteiger partial charge in [0.1, 0.15) is 17.9 Å². The lowest BCUT2D eigenvalue weighted by molar-refractivity contribution is -0.153. The summed E-state index contributed by atoms with van der Waals surface area (Å²) in [5, 5.41) is 3.16. The molecule has 0 saturated heterocycles. The summed E-state index contributed by atoms with van der Waals surface area (Å²) in [5.74, 6) is 0.651. The minimum atomic E-state index is -4.73. The Balaban J connectivity index is 0.00000420. The highest BCUT2D eigenvalue weighted by Gasteiger charge is 2.42. The van der Waals surface area contributed by atoms with Crippen LogP contribution in [-0.2, 0) is 16.6 Å². The number of hydrogen-bond donors (Lipinski definition) is 2. The molecule has 0 fully saturated rings. The van der Waals surface area contributed by atoms with Crippen molar-refractivity contribution in [3.05, 3.63) is 59.9 Å². The third kappa shape index (κ3) is 8.99. The quantitative estimate of drug-likeness (QED) is 0.609. The molecule has 0 amide bonds. The van der Waals surface area contributed by atoms with Crippen LogP contribution in [0.25, 0.3) is 0 Å². The second kappa shape index (κ2) is 10.8. The van der Waals surface area contributed by atoms with Crippen LogP contribution in [0.4, 0.5) is 13.2 Å². The number of nitrogens with one attached hydrogen (secondary N) is 2. The monoisotopic (exact) mass is 453 g/mol. The Labute approximate surface area is 174 Å². The lowest BCUT2D eigenvalue weighted by Crippen LogP contribution is -2.37. The molecule has 0 spiro atoms. The number of hydrogen-bond acceptors (Lipinski definition) is 5. The Kier molecular flexibility index (Phi) is 9.34. The summed E-state index contributed by atoms with van der Waals surface area (Å²) in [6.07, 6.45) is -0.914. The number of halogens is 4. The average molecular weight is 454 g/mol. The van der Waals surface area contributed by atoms with Crippen LogP contribution in [0.1, 0.15) is 24.1 Å². The third-order valence-electron chi connectivity index (χ3n) is 3.70. The van der Waals surface area contributed by atoms with Crippen molar-refractivity contribution in [1.82, 2.24) is 15.0 Å². The molecule has 0 aliphatic carbocycles. The van der Waals surface area contributed by atoms with Crippen LogP contribution in [0, 0.1) is 0 Å². The van der Waals surface area contributed by atoms with Gasteiger partial charge in [0, 0.05) is 19.3 Å². The summed E-state index contributed by atoms with van der Waals surface area (Å²) in [6.45, 7) is 2.84. The SMILES string of the molecule is C[C@H](CNCc1ccc([C@H](NS(C)(=O)=O)C(F)(F)F)cc1)Oc1cccnc1.Cl. The molecule has 0 radical (unpaired) electrons. The van der Waals surface area contributed by atoms with E-state index in [2.05, 4.69) is 10.3 Å². The van der Waals surface area contributed by atoms with Crippen LogP contribution < -0.4 is 14.8 Å². The zero-order valence-electron chi connectivity index (χ0n) is 15.8. The first kappa shape index (κ1) is 25.2. The highest BCUT2D eigenvalue weighted by molar-refractivity contribution is 7.88. The molecule has 1 aromatic carbocycles. The number of pyridine rings is 1. The summed E-state index contributed by atoms with van der Waals surface area (Å²) >= 11 is 0. The minimum absolute atomic E-state index is 0. The van der Waals surface area contributed by atoms with Crippen molar-refractivity contribution >= 4 is 22.4 Å². The molecule has 2 rings (SSSR count). The van der Waals surface area contributed by atoms with Gasteiger partial charge in [0.15, 0.2) is 0 Å². The lowest BCUT2D eigenvalue weighted by atomic mass is 10.1. The molecule has 0 saturated carbocycles. The van der Waals surface area contributed by atoms with E-state index < -0.39 is 22.2 Å². The summed E-state index contributed by atoms with van der Waals surface area (Å²) in [7, 11) is -4.02. The zero-order valence-corrected chi connectivity index (χ0v) is 17.4. The molecule has 2 N–H and O–H groups in total. The van der Waals surface area contributed by atoms with E-state index >= 15 is 0 Å². The van der Waals surface area contributed by atoms with Gasteiger partial charge in [-0.3, -0.25) is 4.98 Å². The van der Waals surface area contributed by atoms with Gasteiger partial charge in [-0.15, -0.1) is 12.4 Å². The van der Waals surface area contributed by atoms with Crippen LogP contribution >= 0.6 is 12.4 Å². The number of alkyl halides is 3. The molecule has 0 unspecified atom stereocenters. The molecule has 6 nitrogen and oxygen atoms in total. The molecule has 0 aliphatic rings. The smallest absolute Gasteiger partial charge is 0.408 e. The van der Waals surface area contributed by atoms with Gasteiger partial charge < -0.3 is 10.1 Å². The number of ether oxygens (including phenoxy) is 1. The number of rotatable bonds is 9. The Morgan fingerprint density at radius 2 is 1.83 bits per heavy atom. The van der Waals surface area contributed by atoms with Crippen molar-refractivity contribution in [3.63, 3.8) is 0 Å². The Hall–Kier alpha value is -1.88. The van der Waals surface area contributed by atoms with Gasteiger partial charge >= 0.3 is 6.18 Å². The third-order valence-corrected chi connectivity index (χ3v) is 4.37. The van der Waals surface area contributed by atoms with Crippen LogP contribution in [0.5, 0.6) is 5.75 Å². The van der Waals surface area contributed by atoms with Crippen molar-refractivity contribution in [2.75, 3.05) is 12.8 Å². The first-order valence-corrected chi connectivity index (χ1v) is 10.3. The Bertz CT molecular complexity index is 850. The fourth-order valence-electron chi connectivity index (χ4n) is 2.48. The first-order chi connectivity index (χ1) is 13.0. The molecule has 1 aromatic heterocycles. The van der Waals surface area contributed by atoms with E-state index in [4.69, 9.17) is 4.74 Å². The summed E-state index contributed by atoms with van der Waals surface area (Å²) in [4.78, 5) is 3.96. The van der Waals surface area contributed by atoms with Crippen LogP contribution in [0.2, 0.25) is 0 Å². The summed E-state index contributed by atoms with van der Waals surface area (Å²) < 4.78 is 69.2. The number of benzene rings is 1. The van der Waals surface area contributed by atoms with Gasteiger partial charge in [0.05, 0.1) is 12.5 Å². The topological polar surface area (TPSA) is 80.3 Å². The maximum atomic E-state index is 13.1. The van der Waals surface area contributed by atoms with Crippen LogP contribution in [0.15, 0.2) is 48.8 Å². The predicted molar refractivity (Wildman–Crippen MR) is 106 cm³/mol. The van der Waals surface area contributed by atoms with Crippen LogP contribution in [-0.4, -0.2) is 38.5 Å². The molecule has 0 bridgehead atoms. The van der Waals surface area contributed by atoms with Gasteiger partial charge in [-0.05, 0) is 30.2 Å². The lowest BCUT2D eigenvalue weighted by Gasteiger charge is -2.21. The zero-order chi connectivity index (χ0) is 20.8. The standard InChI is InChI=1S/C18H22F3N3O3S.ClH/c1-13(27-16-4-3-9-22-12-16)10-23-11-14-5-7-15(8-6-14)17(18(19,20)21)24-28(2,25)26;/h3-9,12-13,17,23-24H,10-11H2,1-2H3;1H/t13-,17+;/m1./s1. The van der Waals surface area contributed by atoms with Gasteiger partial charge in [0.2, 0.25) is 10.0 Å². The largest absolute Gasteiger partial charge is 0.488 e. The van der Waals surface area contributed by atoms with E-state index in [9.17, 15) is 21.6 Å². The molecule has 29 heavy (non-hydrogen) atoms. The normalized spacial score (nSPS) is 14.0. The second-order valence-corrected chi connectivity index (χ2v) is 8.13. The maximum Gasteiger partial charge on any atom is 0.408 e. The first-order valence-electron chi connectivity index (χ1n) is 8.45. The molecule has 2 aromatic rings. The maximum absolute atomic E-state index is 13.1. The van der Waals surface area contributed by atoms with Crippen molar-refractivity contribution < 1.29 is 26.3 Å². The van der Waals surface area contributed by atoms with Crippen LogP contribution in [0.3, 0.4) is 0 Å². The van der Waals surface area contributed by atoms with Crippen molar-refractivity contribution in [1.29, 1.82) is 0 Å². The number of nitrogens with zero attached hydrogens (tertiary/aromatic N) is 1. The Morgan fingerprint density at radius 3 is 2.34 bits per heavy atom. The Morgan fingerprint density at radius 1 is 1.17 bits per heavy atom. The van der Waals surface area contributed by atoms with E-state index in [-0.39, 0.29) is 24.1 Å².